The topological polar surface area (TPSA) is 53.6 Å². The fourth-order valence-corrected chi connectivity index (χ4v) is 4.09. The molecular formula is C21H30Cl3N3O2. The van der Waals surface area contributed by atoms with Crippen LogP contribution >= 0.6 is 34.8 Å². The van der Waals surface area contributed by atoms with Crippen molar-refractivity contribution in [1.82, 2.24) is 15.8 Å². The second-order valence-electron chi connectivity index (χ2n) is 8.64. The van der Waals surface area contributed by atoms with Gasteiger partial charge in [-0.15, -0.1) is 0 Å². The minimum atomic E-state index is -0.569. The van der Waals surface area contributed by atoms with Gasteiger partial charge in [0, 0.05) is 19.8 Å². The molecule has 0 spiro atoms. The second-order valence-corrected chi connectivity index (χ2v) is 9.86. The highest BCUT2D eigenvalue weighted by Crippen LogP contribution is 2.35. The summed E-state index contributed by atoms with van der Waals surface area (Å²) in [5.74, 6) is 0.367. The molecule has 2 N–H and O–H groups in total. The van der Waals surface area contributed by atoms with Crippen molar-refractivity contribution in [3.63, 3.8) is 0 Å². The van der Waals surface area contributed by atoms with Crippen LogP contribution in [0.2, 0.25) is 10.0 Å². The van der Waals surface area contributed by atoms with Crippen molar-refractivity contribution in [3.05, 3.63) is 39.0 Å². The number of hydrogen-bond donors (Lipinski definition) is 2. The maximum Gasteiger partial charge on any atom is 0.222 e. The summed E-state index contributed by atoms with van der Waals surface area (Å²) in [5, 5.41) is 6.19. The van der Waals surface area contributed by atoms with Crippen molar-refractivity contribution in [3.8, 4) is 5.75 Å². The number of rotatable bonds is 8. The molecule has 1 aromatic rings. The summed E-state index contributed by atoms with van der Waals surface area (Å²) in [6.45, 7) is 9.29. The van der Waals surface area contributed by atoms with Crippen molar-refractivity contribution < 1.29 is 9.53 Å². The Morgan fingerprint density at radius 1 is 1.24 bits per heavy atom. The molecule has 0 bridgehead atoms. The maximum absolute atomic E-state index is 12.5. The van der Waals surface area contributed by atoms with Gasteiger partial charge in [0.25, 0.3) is 0 Å². The van der Waals surface area contributed by atoms with Crippen LogP contribution in [0.15, 0.2) is 23.4 Å². The summed E-state index contributed by atoms with van der Waals surface area (Å²) in [7, 11) is 1.85. The molecule has 1 aromatic carbocycles. The predicted octanol–water partition coefficient (Wildman–Crippen LogP) is 5.49. The molecule has 0 radical (unpaired) electrons. The number of carbonyl (C=O) groups is 1. The van der Waals surface area contributed by atoms with Crippen LogP contribution in [0.5, 0.6) is 5.75 Å². The Morgan fingerprint density at radius 2 is 1.86 bits per heavy atom. The van der Waals surface area contributed by atoms with E-state index in [4.69, 9.17) is 39.5 Å². The molecule has 1 aliphatic heterocycles. The van der Waals surface area contributed by atoms with Crippen molar-refractivity contribution in [2.45, 2.75) is 59.0 Å². The zero-order valence-electron chi connectivity index (χ0n) is 17.7. The predicted molar refractivity (Wildman–Crippen MR) is 120 cm³/mol. The molecule has 0 fully saturated rings. The molecule has 1 atom stereocenters. The van der Waals surface area contributed by atoms with Crippen LogP contribution in [0, 0.1) is 5.41 Å². The Balaban J connectivity index is 1.95. The molecule has 29 heavy (non-hydrogen) atoms. The second kappa shape index (κ2) is 9.78. The van der Waals surface area contributed by atoms with Crippen LogP contribution in [-0.4, -0.2) is 30.1 Å². The molecule has 162 valence electrons. The third-order valence-electron chi connectivity index (χ3n) is 4.87. The van der Waals surface area contributed by atoms with Crippen LogP contribution in [-0.2, 0) is 11.3 Å². The van der Waals surface area contributed by atoms with Crippen LogP contribution < -0.4 is 15.5 Å². The van der Waals surface area contributed by atoms with E-state index in [1.54, 1.807) is 23.3 Å². The molecule has 5 nitrogen and oxygen atoms in total. The Bertz CT molecular complexity index is 754. The van der Waals surface area contributed by atoms with Crippen LogP contribution in [0.3, 0.4) is 0 Å². The van der Waals surface area contributed by atoms with E-state index in [9.17, 15) is 4.79 Å². The summed E-state index contributed by atoms with van der Waals surface area (Å²) in [5.41, 5.74) is 3.64. The van der Waals surface area contributed by atoms with E-state index < -0.39 is 5.54 Å². The van der Waals surface area contributed by atoms with Gasteiger partial charge < -0.3 is 15.1 Å². The number of carbonyl (C=O) groups excluding carboxylic acids is 1. The van der Waals surface area contributed by atoms with Gasteiger partial charge in [-0.25, -0.2) is 5.43 Å². The van der Waals surface area contributed by atoms with Gasteiger partial charge >= 0.3 is 0 Å². The molecule has 2 rings (SSSR count). The Labute approximate surface area is 188 Å². The number of nitrogens with one attached hydrogen (secondary N) is 2. The first-order chi connectivity index (χ1) is 13.5. The summed E-state index contributed by atoms with van der Waals surface area (Å²) >= 11 is 19.1. The van der Waals surface area contributed by atoms with Gasteiger partial charge in [0.05, 0.1) is 33.6 Å². The highest BCUT2D eigenvalue weighted by Gasteiger charge is 2.39. The summed E-state index contributed by atoms with van der Waals surface area (Å²) in [6.07, 6.45) is 3.60. The summed E-state index contributed by atoms with van der Waals surface area (Å²) < 4.78 is 5.78. The number of benzene rings is 1. The minimum absolute atomic E-state index is 0.112. The first-order valence-electron chi connectivity index (χ1n) is 9.71. The lowest BCUT2D eigenvalue weighted by Gasteiger charge is -2.29. The number of halogens is 3. The molecule has 1 heterocycles. The van der Waals surface area contributed by atoms with E-state index in [-0.39, 0.29) is 17.7 Å². The molecule has 0 aromatic heterocycles. The minimum Gasteiger partial charge on any atom is -0.490 e. The lowest BCUT2D eigenvalue weighted by atomic mass is 9.92. The standard InChI is InChI=1S/C21H30Cl3N3O2/c1-6-21(17(24)13-27(5)26-21)11-18(28)25-12-14-9-15(22)19(16(23)10-14)29-8-7-20(2,3)4/h9-10,13,26H,6-8,11-12H2,1-5H3,(H,25,28). The summed E-state index contributed by atoms with van der Waals surface area (Å²) in [4.78, 5) is 12.5. The van der Waals surface area contributed by atoms with Crippen LogP contribution in [0.1, 0.15) is 52.5 Å². The Morgan fingerprint density at radius 3 is 2.34 bits per heavy atom. The van der Waals surface area contributed by atoms with Gasteiger partial charge in [0.1, 0.15) is 0 Å². The molecule has 0 saturated heterocycles. The fraction of sp³-hybridized carbons (Fsp3) is 0.571. The van der Waals surface area contributed by atoms with Crippen molar-refractivity contribution in [2.24, 2.45) is 5.41 Å². The molecule has 1 aliphatic rings. The third-order valence-corrected chi connectivity index (χ3v) is 5.89. The molecule has 8 heteroatoms. The number of amides is 1. The zero-order chi connectivity index (χ0) is 21.8. The Hall–Kier alpha value is -1.14. The van der Waals surface area contributed by atoms with E-state index in [0.29, 0.717) is 40.4 Å². The number of hydrazine groups is 1. The largest absolute Gasteiger partial charge is 0.490 e. The average molecular weight is 463 g/mol. The molecule has 1 unspecified atom stereocenters. The van der Waals surface area contributed by atoms with Gasteiger partial charge in [-0.3, -0.25) is 4.79 Å². The zero-order valence-corrected chi connectivity index (χ0v) is 19.9. The Kier molecular flexibility index (Phi) is 8.14. The van der Waals surface area contributed by atoms with Gasteiger partial charge in [-0.1, -0.05) is 62.5 Å². The van der Waals surface area contributed by atoms with Crippen LogP contribution in [0.25, 0.3) is 0 Å². The number of hydrogen-bond acceptors (Lipinski definition) is 4. The van der Waals surface area contributed by atoms with Crippen molar-refractivity contribution in [2.75, 3.05) is 13.7 Å². The van der Waals surface area contributed by atoms with E-state index >= 15 is 0 Å². The molecular weight excluding hydrogens is 433 g/mol. The normalized spacial score (nSPS) is 19.3. The van der Waals surface area contributed by atoms with E-state index in [1.807, 2.05) is 14.0 Å². The van der Waals surface area contributed by atoms with Crippen molar-refractivity contribution >= 4 is 40.7 Å². The first kappa shape index (κ1) is 24.1. The third kappa shape index (κ3) is 6.68. The molecule has 0 saturated carbocycles. The lowest BCUT2D eigenvalue weighted by Crippen LogP contribution is -2.49. The van der Waals surface area contributed by atoms with E-state index in [1.165, 1.54) is 0 Å². The first-order valence-corrected chi connectivity index (χ1v) is 10.8. The summed E-state index contributed by atoms with van der Waals surface area (Å²) in [6, 6.07) is 3.54. The quantitative estimate of drug-likeness (QED) is 0.536. The molecule has 0 aliphatic carbocycles. The number of ether oxygens (including phenoxy) is 1. The number of nitrogens with zero attached hydrogens (tertiary/aromatic N) is 1. The average Bonchev–Trinajstić information content (AvgIpc) is 2.88. The van der Waals surface area contributed by atoms with Gasteiger partial charge in [-0.05, 0) is 36.0 Å². The van der Waals surface area contributed by atoms with Gasteiger partial charge in [-0.2, -0.15) is 0 Å². The van der Waals surface area contributed by atoms with Crippen molar-refractivity contribution in [1.29, 1.82) is 0 Å². The van der Waals surface area contributed by atoms with E-state index in [0.717, 1.165) is 12.0 Å². The highest BCUT2D eigenvalue weighted by molar-refractivity contribution is 6.37. The monoisotopic (exact) mass is 461 g/mol. The van der Waals surface area contributed by atoms with Gasteiger partial charge in [0.15, 0.2) is 5.75 Å². The smallest absolute Gasteiger partial charge is 0.222 e. The van der Waals surface area contributed by atoms with E-state index in [2.05, 4.69) is 31.5 Å². The maximum atomic E-state index is 12.5. The highest BCUT2D eigenvalue weighted by atomic mass is 35.5. The van der Waals surface area contributed by atoms with Gasteiger partial charge in [0.2, 0.25) is 5.91 Å². The van der Waals surface area contributed by atoms with Crippen LogP contribution in [0.4, 0.5) is 0 Å². The lowest BCUT2D eigenvalue weighted by molar-refractivity contribution is -0.122. The SMILES string of the molecule is CCC1(CC(=O)NCc2cc(Cl)c(OCCC(C)(C)C)c(Cl)c2)NN(C)C=C1Cl. The molecule has 1 amide bonds. The fourth-order valence-electron chi connectivity index (χ4n) is 3.06.